The van der Waals surface area contributed by atoms with E-state index in [9.17, 15) is 14.4 Å². The molecular weight excluding hydrogens is 757 g/mol. The standard InChI is InChI=1S/C55H100O6/c1-4-7-10-13-16-19-21-23-25-27-29-31-33-36-39-42-45-48-54(57)60-51-52(50-59-53(56)47-44-41-38-35-18-15-12-9-6-3)61-55(58)49-46-43-40-37-34-32-30-28-26-24-22-20-17-14-11-8-5-2/h23,25,29,31,36,39,52H,4-22,24,26-28,30,32-35,37-38,40-51H2,1-3H3/b25-23-,31-29-,39-36-. The van der Waals surface area contributed by atoms with E-state index in [1.54, 1.807) is 0 Å². The molecule has 0 heterocycles. The zero-order valence-corrected chi connectivity index (χ0v) is 40.7. The van der Waals surface area contributed by atoms with Crippen LogP contribution in [0.15, 0.2) is 36.5 Å². The number of hydrogen-bond acceptors (Lipinski definition) is 6. The number of hydrogen-bond donors (Lipinski definition) is 0. The van der Waals surface area contributed by atoms with Gasteiger partial charge in [-0.1, -0.05) is 243 Å². The summed E-state index contributed by atoms with van der Waals surface area (Å²) in [5, 5.41) is 0. The molecule has 0 aromatic rings. The highest BCUT2D eigenvalue weighted by atomic mass is 16.6. The molecular formula is C55H100O6. The Morgan fingerprint density at radius 2 is 0.607 bits per heavy atom. The van der Waals surface area contributed by atoms with Crippen molar-refractivity contribution in [2.75, 3.05) is 13.2 Å². The molecule has 1 unspecified atom stereocenters. The second-order valence-corrected chi connectivity index (χ2v) is 17.8. The topological polar surface area (TPSA) is 78.9 Å². The Bertz CT molecular complexity index is 1030. The van der Waals surface area contributed by atoms with Gasteiger partial charge in [0.1, 0.15) is 13.2 Å². The molecule has 0 aliphatic carbocycles. The highest BCUT2D eigenvalue weighted by Crippen LogP contribution is 2.16. The van der Waals surface area contributed by atoms with Crippen LogP contribution in [-0.2, 0) is 28.6 Å². The molecule has 0 aromatic heterocycles. The van der Waals surface area contributed by atoms with Crippen LogP contribution >= 0.6 is 0 Å². The van der Waals surface area contributed by atoms with Gasteiger partial charge in [-0.25, -0.2) is 0 Å². The van der Waals surface area contributed by atoms with E-state index in [1.807, 2.05) is 0 Å². The van der Waals surface area contributed by atoms with Crippen LogP contribution in [0.3, 0.4) is 0 Å². The summed E-state index contributed by atoms with van der Waals surface area (Å²) < 4.78 is 16.7. The monoisotopic (exact) mass is 857 g/mol. The first-order chi connectivity index (χ1) is 30.0. The van der Waals surface area contributed by atoms with Gasteiger partial charge in [-0.15, -0.1) is 0 Å². The van der Waals surface area contributed by atoms with Crippen LogP contribution in [0.1, 0.15) is 278 Å². The van der Waals surface area contributed by atoms with Crippen LogP contribution in [0.5, 0.6) is 0 Å². The summed E-state index contributed by atoms with van der Waals surface area (Å²) in [5.41, 5.74) is 0. The van der Waals surface area contributed by atoms with E-state index in [0.29, 0.717) is 25.7 Å². The van der Waals surface area contributed by atoms with E-state index in [1.165, 1.54) is 173 Å². The summed E-state index contributed by atoms with van der Waals surface area (Å²) in [7, 11) is 0. The zero-order chi connectivity index (χ0) is 44.4. The van der Waals surface area contributed by atoms with Crippen LogP contribution < -0.4 is 0 Å². The molecule has 0 saturated heterocycles. The summed E-state index contributed by atoms with van der Waals surface area (Å²) in [6, 6.07) is 0. The van der Waals surface area contributed by atoms with Gasteiger partial charge in [0.2, 0.25) is 0 Å². The summed E-state index contributed by atoms with van der Waals surface area (Å²) in [6.07, 6.45) is 58.6. The molecule has 0 amide bonds. The van der Waals surface area contributed by atoms with Crippen LogP contribution in [-0.4, -0.2) is 37.2 Å². The van der Waals surface area contributed by atoms with Gasteiger partial charge in [0.15, 0.2) is 6.10 Å². The average molecular weight is 857 g/mol. The van der Waals surface area contributed by atoms with Crippen molar-refractivity contribution in [1.82, 2.24) is 0 Å². The van der Waals surface area contributed by atoms with E-state index < -0.39 is 6.10 Å². The third-order valence-electron chi connectivity index (χ3n) is 11.6. The molecule has 0 fully saturated rings. The van der Waals surface area contributed by atoms with Gasteiger partial charge in [-0.2, -0.15) is 0 Å². The normalized spacial score (nSPS) is 12.2. The Hall–Kier alpha value is -2.37. The molecule has 6 nitrogen and oxygen atoms in total. The van der Waals surface area contributed by atoms with Crippen LogP contribution in [0.2, 0.25) is 0 Å². The quantitative estimate of drug-likeness (QED) is 0.0262. The van der Waals surface area contributed by atoms with Crippen molar-refractivity contribution in [3.05, 3.63) is 36.5 Å². The fourth-order valence-corrected chi connectivity index (χ4v) is 7.64. The van der Waals surface area contributed by atoms with Crippen LogP contribution in [0.4, 0.5) is 0 Å². The minimum absolute atomic E-state index is 0.0838. The number of carbonyl (C=O) groups excluding carboxylic acids is 3. The van der Waals surface area contributed by atoms with Crippen molar-refractivity contribution in [3.8, 4) is 0 Å². The number of rotatable bonds is 48. The van der Waals surface area contributed by atoms with E-state index >= 15 is 0 Å². The fourth-order valence-electron chi connectivity index (χ4n) is 7.64. The molecule has 0 aliphatic rings. The van der Waals surface area contributed by atoms with Crippen molar-refractivity contribution < 1.29 is 28.6 Å². The third kappa shape index (κ3) is 48.5. The molecule has 0 saturated carbocycles. The lowest BCUT2D eigenvalue weighted by Crippen LogP contribution is -2.30. The Morgan fingerprint density at radius 3 is 0.984 bits per heavy atom. The Morgan fingerprint density at radius 1 is 0.328 bits per heavy atom. The second-order valence-electron chi connectivity index (χ2n) is 17.8. The second kappa shape index (κ2) is 50.3. The molecule has 1 atom stereocenters. The highest BCUT2D eigenvalue weighted by Gasteiger charge is 2.19. The van der Waals surface area contributed by atoms with Crippen molar-refractivity contribution >= 4 is 17.9 Å². The molecule has 0 bridgehead atoms. The lowest BCUT2D eigenvalue weighted by molar-refractivity contribution is -0.167. The van der Waals surface area contributed by atoms with Gasteiger partial charge >= 0.3 is 17.9 Å². The number of allylic oxidation sites excluding steroid dienone is 6. The maximum Gasteiger partial charge on any atom is 0.306 e. The number of esters is 3. The molecule has 0 aromatic carbocycles. The summed E-state index contributed by atoms with van der Waals surface area (Å²) in [6.45, 7) is 6.59. The van der Waals surface area contributed by atoms with E-state index in [-0.39, 0.29) is 31.1 Å². The number of carbonyl (C=O) groups is 3. The maximum absolute atomic E-state index is 12.8. The molecule has 61 heavy (non-hydrogen) atoms. The Kier molecular flexibility index (Phi) is 48.3. The summed E-state index contributed by atoms with van der Waals surface area (Å²) in [5.74, 6) is -0.929. The minimum atomic E-state index is -0.786. The zero-order valence-electron chi connectivity index (χ0n) is 40.7. The predicted molar refractivity (Wildman–Crippen MR) is 261 cm³/mol. The third-order valence-corrected chi connectivity index (χ3v) is 11.6. The van der Waals surface area contributed by atoms with Gasteiger partial charge in [-0.3, -0.25) is 14.4 Å². The first kappa shape index (κ1) is 58.6. The van der Waals surface area contributed by atoms with Crippen LogP contribution in [0, 0.1) is 0 Å². The minimum Gasteiger partial charge on any atom is -0.462 e. The van der Waals surface area contributed by atoms with Gasteiger partial charge in [0, 0.05) is 19.3 Å². The first-order valence-corrected chi connectivity index (χ1v) is 26.5. The number of ether oxygens (including phenoxy) is 3. The van der Waals surface area contributed by atoms with Crippen molar-refractivity contribution in [1.29, 1.82) is 0 Å². The van der Waals surface area contributed by atoms with Crippen LogP contribution in [0.25, 0.3) is 0 Å². The van der Waals surface area contributed by atoms with E-state index in [0.717, 1.165) is 57.8 Å². The highest BCUT2D eigenvalue weighted by molar-refractivity contribution is 5.71. The Labute approximate surface area is 378 Å². The van der Waals surface area contributed by atoms with E-state index in [4.69, 9.17) is 14.2 Å². The SMILES string of the molecule is CCCCCCCC/C=C\C/C=C\C/C=C\CCCC(=O)OCC(COC(=O)CCCCCCCCCCC)OC(=O)CCCCCCCCCCCCCCCCCCC. The van der Waals surface area contributed by atoms with Crippen molar-refractivity contribution in [2.24, 2.45) is 0 Å². The molecule has 0 aliphatic heterocycles. The van der Waals surface area contributed by atoms with Crippen molar-refractivity contribution in [3.63, 3.8) is 0 Å². The molecule has 356 valence electrons. The molecule has 6 heteroatoms. The van der Waals surface area contributed by atoms with E-state index in [2.05, 4.69) is 57.2 Å². The molecule has 0 N–H and O–H groups in total. The van der Waals surface area contributed by atoms with Crippen molar-refractivity contribution in [2.45, 2.75) is 284 Å². The lowest BCUT2D eigenvalue weighted by Gasteiger charge is -2.18. The van der Waals surface area contributed by atoms with Gasteiger partial charge in [-0.05, 0) is 51.4 Å². The summed E-state index contributed by atoms with van der Waals surface area (Å²) in [4.78, 5) is 37.9. The average Bonchev–Trinajstić information content (AvgIpc) is 3.26. The Balaban J connectivity index is 4.36. The molecule has 0 radical (unpaired) electrons. The van der Waals surface area contributed by atoms with Gasteiger partial charge < -0.3 is 14.2 Å². The molecule has 0 rings (SSSR count). The molecule has 0 spiro atoms. The lowest BCUT2D eigenvalue weighted by atomic mass is 10.0. The fraction of sp³-hybridized carbons (Fsp3) is 0.836. The smallest absolute Gasteiger partial charge is 0.306 e. The largest absolute Gasteiger partial charge is 0.462 e. The predicted octanol–water partition coefficient (Wildman–Crippen LogP) is 17.3. The maximum atomic E-state index is 12.8. The number of unbranched alkanes of at least 4 members (excludes halogenated alkanes) is 31. The first-order valence-electron chi connectivity index (χ1n) is 26.5. The summed E-state index contributed by atoms with van der Waals surface area (Å²) >= 11 is 0. The van der Waals surface area contributed by atoms with Gasteiger partial charge in [0.25, 0.3) is 0 Å². The van der Waals surface area contributed by atoms with Gasteiger partial charge in [0.05, 0.1) is 0 Å².